The normalized spacial score (nSPS) is 11.3. The summed E-state index contributed by atoms with van der Waals surface area (Å²) in [6, 6.07) is 22.7. The number of rotatable bonds is 6. The number of nitro benzene ring substituents is 2. The van der Waals surface area contributed by atoms with E-state index in [9.17, 15) is 30.8 Å². The summed E-state index contributed by atoms with van der Waals surface area (Å²) in [4.78, 5) is 21.6. The van der Waals surface area contributed by atoms with Crippen molar-refractivity contribution in [2.45, 2.75) is 0 Å². The molecule has 0 spiro atoms. The molecule has 0 aliphatic heterocycles. The Bertz CT molecular complexity index is 1260. The molecule has 0 fully saturated rings. The van der Waals surface area contributed by atoms with Crippen molar-refractivity contribution in [3.8, 4) is 12.1 Å². The molecule has 0 aliphatic rings. The van der Waals surface area contributed by atoms with Crippen LogP contribution in [0.5, 0.6) is 0 Å². The van der Waals surface area contributed by atoms with Gasteiger partial charge in [0.25, 0.3) is 11.4 Å². The summed E-state index contributed by atoms with van der Waals surface area (Å²) in [7, 11) is 0. The minimum atomic E-state index is -0.540. The molecule has 154 valence electrons. The lowest BCUT2D eigenvalue weighted by atomic mass is 9.93. The Balaban J connectivity index is 2.19. The quantitative estimate of drug-likeness (QED) is 0.219. The van der Waals surface area contributed by atoms with Crippen LogP contribution >= 0.6 is 0 Å². The van der Waals surface area contributed by atoms with Crippen molar-refractivity contribution in [2.24, 2.45) is 0 Å². The number of benzene rings is 3. The zero-order valence-corrected chi connectivity index (χ0v) is 16.5. The molecule has 0 N–H and O–H groups in total. The molecule has 3 aromatic rings. The van der Waals surface area contributed by atoms with Gasteiger partial charge in [-0.3, -0.25) is 20.2 Å². The molecule has 3 aromatic carbocycles. The fourth-order valence-electron chi connectivity index (χ4n) is 3.16. The van der Waals surface area contributed by atoms with Gasteiger partial charge in [0.05, 0.1) is 44.3 Å². The summed E-state index contributed by atoms with van der Waals surface area (Å²) in [5.41, 5.74) is 1.13. The van der Waals surface area contributed by atoms with Crippen LogP contribution in [0.4, 0.5) is 11.4 Å². The van der Waals surface area contributed by atoms with Gasteiger partial charge in [0.15, 0.2) is 0 Å². The van der Waals surface area contributed by atoms with Crippen molar-refractivity contribution in [3.05, 3.63) is 115 Å². The van der Waals surface area contributed by atoms with E-state index in [1.807, 2.05) is 12.1 Å². The molecule has 0 aliphatic carbocycles. The average Bonchev–Trinajstić information content (AvgIpc) is 2.81. The van der Waals surface area contributed by atoms with Gasteiger partial charge in [-0.2, -0.15) is 10.5 Å². The van der Waals surface area contributed by atoms with Crippen molar-refractivity contribution < 1.29 is 9.85 Å². The first-order valence-corrected chi connectivity index (χ1v) is 9.26. The molecule has 0 radical (unpaired) electrons. The minimum Gasteiger partial charge on any atom is -0.258 e. The predicted molar refractivity (Wildman–Crippen MR) is 120 cm³/mol. The Morgan fingerprint density at radius 3 is 1.34 bits per heavy atom. The third kappa shape index (κ3) is 4.56. The molecule has 8 heteroatoms. The van der Waals surface area contributed by atoms with Crippen LogP contribution in [0.2, 0.25) is 0 Å². The summed E-state index contributed by atoms with van der Waals surface area (Å²) in [6.07, 6.45) is 2.77. The van der Waals surface area contributed by atoms with Crippen LogP contribution in [-0.4, -0.2) is 9.85 Å². The van der Waals surface area contributed by atoms with Gasteiger partial charge >= 0.3 is 0 Å². The highest BCUT2D eigenvalue weighted by Crippen LogP contribution is 2.31. The zero-order chi connectivity index (χ0) is 23.1. The average molecular weight is 422 g/mol. The van der Waals surface area contributed by atoms with E-state index in [-0.39, 0.29) is 33.6 Å². The highest BCUT2D eigenvalue weighted by Gasteiger charge is 2.17. The second-order valence-electron chi connectivity index (χ2n) is 6.52. The second kappa shape index (κ2) is 9.61. The van der Waals surface area contributed by atoms with Crippen molar-refractivity contribution in [1.82, 2.24) is 0 Å². The lowest BCUT2D eigenvalue weighted by molar-refractivity contribution is -0.385. The van der Waals surface area contributed by atoms with Crippen LogP contribution in [0.1, 0.15) is 22.3 Å². The van der Waals surface area contributed by atoms with Crippen LogP contribution in [-0.2, 0) is 0 Å². The van der Waals surface area contributed by atoms with E-state index >= 15 is 0 Å². The minimum absolute atomic E-state index is 0.110. The molecule has 0 amide bonds. The fourth-order valence-corrected chi connectivity index (χ4v) is 3.16. The first-order valence-electron chi connectivity index (χ1n) is 9.26. The van der Waals surface area contributed by atoms with E-state index in [4.69, 9.17) is 0 Å². The molecule has 0 unspecified atom stereocenters. The summed E-state index contributed by atoms with van der Waals surface area (Å²) < 4.78 is 0. The molecular weight excluding hydrogens is 408 g/mol. The largest absolute Gasteiger partial charge is 0.276 e. The van der Waals surface area contributed by atoms with Gasteiger partial charge in [0, 0.05) is 23.3 Å². The summed E-state index contributed by atoms with van der Waals surface area (Å²) in [5, 5.41) is 42.2. The monoisotopic (exact) mass is 422 g/mol. The van der Waals surface area contributed by atoms with Crippen molar-refractivity contribution >= 4 is 34.7 Å². The molecular formula is C24H14N4O4. The lowest BCUT2D eigenvalue weighted by Crippen LogP contribution is -1.95. The lowest BCUT2D eigenvalue weighted by Gasteiger charge is -2.08. The summed E-state index contributed by atoms with van der Waals surface area (Å²) in [5.74, 6) is 0. The van der Waals surface area contributed by atoms with E-state index in [0.717, 1.165) is 0 Å². The number of nitrogens with zero attached hydrogens (tertiary/aromatic N) is 4. The van der Waals surface area contributed by atoms with Crippen LogP contribution in [0, 0.1) is 42.9 Å². The zero-order valence-electron chi connectivity index (χ0n) is 16.5. The predicted octanol–water partition coefficient (Wildman–Crippen LogP) is 5.63. The van der Waals surface area contributed by atoms with E-state index in [1.165, 1.54) is 48.6 Å². The molecule has 8 nitrogen and oxygen atoms in total. The Morgan fingerprint density at radius 2 is 1.00 bits per heavy atom. The molecule has 0 bridgehead atoms. The van der Waals surface area contributed by atoms with E-state index in [0.29, 0.717) is 11.1 Å². The van der Waals surface area contributed by atoms with E-state index < -0.39 is 9.85 Å². The van der Waals surface area contributed by atoms with Gasteiger partial charge in [-0.05, 0) is 24.3 Å². The Hall–Kier alpha value is -5.08. The first kappa shape index (κ1) is 21.6. The van der Waals surface area contributed by atoms with Gasteiger partial charge in [-0.1, -0.05) is 48.5 Å². The molecule has 3 rings (SSSR count). The van der Waals surface area contributed by atoms with Crippen LogP contribution in [0.25, 0.3) is 23.3 Å². The van der Waals surface area contributed by atoms with Crippen molar-refractivity contribution in [3.63, 3.8) is 0 Å². The van der Waals surface area contributed by atoms with Gasteiger partial charge in [0.2, 0.25) is 0 Å². The molecule has 0 saturated heterocycles. The van der Waals surface area contributed by atoms with E-state index in [1.54, 1.807) is 36.4 Å². The third-order valence-electron chi connectivity index (χ3n) is 4.61. The van der Waals surface area contributed by atoms with Crippen molar-refractivity contribution in [2.75, 3.05) is 0 Å². The molecule has 0 atom stereocenters. The maximum atomic E-state index is 11.3. The SMILES string of the molecule is N#C/C(=C\c1ccccc1[N+](=O)[O-])c1ccccc1/C(C#N)=C\c1ccccc1[N+](=O)[O-]. The molecule has 32 heavy (non-hydrogen) atoms. The number of allylic oxidation sites excluding steroid dienone is 2. The Morgan fingerprint density at radius 1 is 0.656 bits per heavy atom. The molecule has 0 saturated carbocycles. The van der Waals surface area contributed by atoms with E-state index in [2.05, 4.69) is 0 Å². The number of nitro groups is 2. The second-order valence-corrected chi connectivity index (χ2v) is 6.52. The number of para-hydroxylation sites is 2. The van der Waals surface area contributed by atoms with Gasteiger partial charge in [-0.15, -0.1) is 0 Å². The van der Waals surface area contributed by atoms with Gasteiger partial charge in [0.1, 0.15) is 0 Å². The fraction of sp³-hybridized carbons (Fsp3) is 0. The van der Waals surface area contributed by atoms with Gasteiger partial charge < -0.3 is 0 Å². The molecule has 0 aromatic heterocycles. The van der Waals surface area contributed by atoms with Crippen LogP contribution in [0.3, 0.4) is 0 Å². The number of hydrogen-bond acceptors (Lipinski definition) is 6. The third-order valence-corrected chi connectivity index (χ3v) is 4.61. The van der Waals surface area contributed by atoms with Crippen LogP contribution in [0.15, 0.2) is 72.8 Å². The standard InChI is InChI=1S/C24H14N4O4/c25-15-19(13-17-7-1-5-11-23(17)27(29)30)21-9-3-4-10-22(21)20(16-26)14-18-8-2-6-12-24(18)28(31)32/h1-14H/b19-13-,20-14+. The molecule has 0 heterocycles. The number of nitriles is 2. The number of hydrogen-bond donors (Lipinski definition) is 0. The Kier molecular flexibility index (Phi) is 6.50. The topological polar surface area (TPSA) is 134 Å². The first-order chi connectivity index (χ1) is 15.5. The smallest absolute Gasteiger partial charge is 0.258 e. The highest BCUT2D eigenvalue weighted by molar-refractivity contribution is 6.00. The highest BCUT2D eigenvalue weighted by atomic mass is 16.6. The maximum Gasteiger partial charge on any atom is 0.276 e. The Labute approximate surface area is 182 Å². The van der Waals surface area contributed by atoms with Crippen LogP contribution < -0.4 is 0 Å². The summed E-state index contributed by atoms with van der Waals surface area (Å²) >= 11 is 0. The van der Waals surface area contributed by atoms with Crippen molar-refractivity contribution in [1.29, 1.82) is 10.5 Å². The summed E-state index contributed by atoms with van der Waals surface area (Å²) in [6.45, 7) is 0. The van der Waals surface area contributed by atoms with Gasteiger partial charge in [-0.25, -0.2) is 0 Å². The maximum absolute atomic E-state index is 11.3.